The van der Waals surface area contributed by atoms with Crippen LogP contribution in [0.5, 0.6) is 11.5 Å². The van der Waals surface area contributed by atoms with Gasteiger partial charge in [0.25, 0.3) is 0 Å². The van der Waals surface area contributed by atoms with Crippen molar-refractivity contribution in [1.29, 1.82) is 0 Å². The Balaban J connectivity index is 1.90. The van der Waals surface area contributed by atoms with Crippen molar-refractivity contribution in [2.45, 2.75) is 26.9 Å². The molecule has 0 aliphatic carbocycles. The lowest BCUT2D eigenvalue weighted by Crippen LogP contribution is -2.03. The molecular weight excluding hydrogens is 262 g/mol. The number of rotatable bonds is 7. The van der Waals surface area contributed by atoms with E-state index in [9.17, 15) is 0 Å². The molecule has 3 nitrogen and oxygen atoms in total. The second-order valence-corrected chi connectivity index (χ2v) is 5.50. The number of nitrogen functional groups attached to an aromatic ring is 1. The predicted molar refractivity (Wildman–Crippen MR) is 86.6 cm³/mol. The zero-order valence-corrected chi connectivity index (χ0v) is 12.7. The van der Waals surface area contributed by atoms with Gasteiger partial charge >= 0.3 is 0 Å². The normalized spacial score (nSPS) is 10.6. The largest absolute Gasteiger partial charge is 0.494 e. The van der Waals surface area contributed by atoms with E-state index in [1.165, 1.54) is 0 Å². The summed E-state index contributed by atoms with van der Waals surface area (Å²) in [6, 6.07) is 15.6. The van der Waals surface area contributed by atoms with Crippen molar-refractivity contribution < 1.29 is 9.47 Å². The van der Waals surface area contributed by atoms with Crippen LogP contribution >= 0.6 is 0 Å². The number of hydrogen-bond acceptors (Lipinski definition) is 3. The number of ether oxygens (including phenoxy) is 2. The monoisotopic (exact) mass is 285 g/mol. The van der Waals surface area contributed by atoms with Gasteiger partial charge in [-0.1, -0.05) is 44.2 Å². The molecule has 0 aromatic heterocycles. The minimum atomic E-state index is 0.512. The van der Waals surface area contributed by atoms with E-state index in [0.29, 0.717) is 30.6 Å². The summed E-state index contributed by atoms with van der Waals surface area (Å²) in [6.45, 7) is 5.58. The van der Waals surface area contributed by atoms with Gasteiger partial charge in [-0.2, -0.15) is 0 Å². The van der Waals surface area contributed by atoms with Crippen LogP contribution in [-0.2, 0) is 6.61 Å². The van der Waals surface area contributed by atoms with Gasteiger partial charge in [-0.25, -0.2) is 0 Å². The van der Waals surface area contributed by atoms with E-state index in [-0.39, 0.29) is 0 Å². The Morgan fingerprint density at radius 1 is 1.00 bits per heavy atom. The van der Waals surface area contributed by atoms with Crippen LogP contribution in [0.2, 0.25) is 0 Å². The number of benzene rings is 2. The summed E-state index contributed by atoms with van der Waals surface area (Å²) in [5.74, 6) is 2.12. The van der Waals surface area contributed by atoms with E-state index >= 15 is 0 Å². The van der Waals surface area contributed by atoms with Crippen LogP contribution in [0.15, 0.2) is 48.5 Å². The van der Waals surface area contributed by atoms with Crippen molar-refractivity contribution in [3.8, 4) is 11.5 Å². The highest BCUT2D eigenvalue weighted by Crippen LogP contribution is 2.27. The summed E-state index contributed by atoms with van der Waals surface area (Å²) in [4.78, 5) is 0. The van der Waals surface area contributed by atoms with Crippen LogP contribution in [0.25, 0.3) is 0 Å². The highest BCUT2D eigenvalue weighted by molar-refractivity contribution is 5.56. The SMILES string of the molecule is CC(C)CCOc1ccc(OCc2ccccc2)c(N)c1. The maximum atomic E-state index is 6.01. The molecule has 0 bridgehead atoms. The summed E-state index contributed by atoms with van der Waals surface area (Å²) in [7, 11) is 0. The fourth-order valence-corrected chi connectivity index (χ4v) is 1.90. The highest BCUT2D eigenvalue weighted by Gasteiger charge is 2.04. The van der Waals surface area contributed by atoms with Gasteiger partial charge in [0.15, 0.2) is 0 Å². The Morgan fingerprint density at radius 3 is 2.43 bits per heavy atom. The van der Waals surface area contributed by atoms with Gasteiger partial charge in [0.05, 0.1) is 12.3 Å². The second kappa shape index (κ2) is 7.58. The van der Waals surface area contributed by atoms with Gasteiger partial charge in [0.1, 0.15) is 18.1 Å². The lowest BCUT2D eigenvalue weighted by molar-refractivity contribution is 0.287. The van der Waals surface area contributed by atoms with Gasteiger partial charge in [0, 0.05) is 6.07 Å². The fraction of sp³-hybridized carbons (Fsp3) is 0.333. The zero-order valence-electron chi connectivity index (χ0n) is 12.7. The van der Waals surface area contributed by atoms with Crippen molar-refractivity contribution in [1.82, 2.24) is 0 Å². The van der Waals surface area contributed by atoms with E-state index < -0.39 is 0 Å². The molecule has 0 aliphatic heterocycles. The first-order valence-corrected chi connectivity index (χ1v) is 7.34. The molecule has 0 aliphatic rings. The first-order valence-electron chi connectivity index (χ1n) is 7.34. The average Bonchev–Trinajstić information content (AvgIpc) is 2.47. The van der Waals surface area contributed by atoms with Gasteiger partial charge in [-0.15, -0.1) is 0 Å². The van der Waals surface area contributed by atoms with Crippen molar-refractivity contribution in [3.63, 3.8) is 0 Å². The molecular formula is C18H23NO2. The van der Waals surface area contributed by atoms with Crippen molar-refractivity contribution in [3.05, 3.63) is 54.1 Å². The van der Waals surface area contributed by atoms with Gasteiger partial charge in [-0.05, 0) is 30.0 Å². The molecule has 0 radical (unpaired) electrons. The summed E-state index contributed by atoms with van der Waals surface area (Å²) < 4.78 is 11.4. The molecule has 0 fully saturated rings. The maximum absolute atomic E-state index is 6.01. The van der Waals surface area contributed by atoms with E-state index in [0.717, 1.165) is 17.7 Å². The quantitative estimate of drug-likeness (QED) is 0.772. The summed E-state index contributed by atoms with van der Waals surface area (Å²) >= 11 is 0. The Bertz CT molecular complexity index is 552. The molecule has 0 saturated heterocycles. The van der Waals surface area contributed by atoms with Crippen LogP contribution < -0.4 is 15.2 Å². The third kappa shape index (κ3) is 5.03. The molecule has 0 atom stereocenters. The molecule has 2 N–H and O–H groups in total. The molecule has 2 aromatic rings. The van der Waals surface area contributed by atoms with Gasteiger partial charge in [-0.3, -0.25) is 0 Å². The fourth-order valence-electron chi connectivity index (χ4n) is 1.90. The summed E-state index contributed by atoms with van der Waals surface area (Å²) in [6.07, 6.45) is 1.03. The van der Waals surface area contributed by atoms with E-state index in [1.807, 2.05) is 48.5 Å². The van der Waals surface area contributed by atoms with Crippen molar-refractivity contribution in [2.75, 3.05) is 12.3 Å². The average molecular weight is 285 g/mol. The Kier molecular flexibility index (Phi) is 5.50. The standard InChI is InChI=1S/C18H23NO2/c1-14(2)10-11-20-16-8-9-18(17(19)12-16)21-13-15-6-4-3-5-7-15/h3-9,12,14H,10-11,13,19H2,1-2H3. The van der Waals surface area contributed by atoms with Crippen LogP contribution in [0, 0.1) is 5.92 Å². The predicted octanol–water partition coefficient (Wildman–Crippen LogP) is 4.27. The molecule has 112 valence electrons. The van der Waals surface area contributed by atoms with Crippen molar-refractivity contribution in [2.24, 2.45) is 5.92 Å². The Morgan fingerprint density at radius 2 is 1.76 bits per heavy atom. The minimum Gasteiger partial charge on any atom is -0.494 e. The number of anilines is 1. The number of hydrogen-bond donors (Lipinski definition) is 1. The van der Waals surface area contributed by atoms with Gasteiger partial charge < -0.3 is 15.2 Å². The Labute approximate surface area is 126 Å². The third-order valence-electron chi connectivity index (χ3n) is 3.18. The lowest BCUT2D eigenvalue weighted by atomic mass is 10.1. The molecule has 0 amide bonds. The van der Waals surface area contributed by atoms with E-state index in [1.54, 1.807) is 0 Å². The first-order chi connectivity index (χ1) is 10.1. The molecule has 2 rings (SSSR count). The Hall–Kier alpha value is -2.16. The zero-order chi connectivity index (χ0) is 15.1. The summed E-state index contributed by atoms with van der Waals surface area (Å²) in [5, 5.41) is 0. The van der Waals surface area contributed by atoms with E-state index in [4.69, 9.17) is 15.2 Å². The van der Waals surface area contributed by atoms with Crippen LogP contribution in [0.3, 0.4) is 0 Å². The molecule has 21 heavy (non-hydrogen) atoms. The third-order valence-corrected chi connectivity index (χ3v) is 3.18. The molecule has 0 unspecified atom stereocenters. The molecule has 2 aromatic carbocycles. The minimum absolute atomic E-state index is 0.512. The molecule has 0 spiro atoms. The second-order valence-electron chi connectivity index (χ2n) is 5.50. The maximum Gasteiger partial charge on any atom is 0.142 e. The highest BCUT2D eigenvalue weighted by atomic mass is 16.5. The summed E-state index contributed by atoms with van der Waals surface area (Å²) in [5.41, 5.74) is 7.74. The van der Waals surface area contributed by atoms with Crippen LogP contribution in [0.1, 0.15) is 25.8 Å². The van der Waals surface area contributed by atoms with Crippen molar-refractivity contribution >= 4 is 5.69 Å². The van der Waals surface area contributed by atoms with Crippen LogP contribution in [0.4, 0.5) is 5.69 Å². The first kappa shape index (κ1) is 15.2. The van der Waals surface area contributed by atoms with Gasteiger partial charge in [0.2, 0.25) is 0 Å². The molecule has 0 heterocycles. The number of nitrogens with two attached hydrogens (primary N) is 1. The smallest absolute Gasteiger partial charge is 0.142 e. The van der Waals surface area contributed by atoms with E-state index in [2.05, 4.69) is 13.8 Å². The molecule has 3 heteroatoms. The van der Waals surface area contributed by atoms with Crippen LogP contribution in [-0.4, -0.2) is 6.61 Å². The topological polar surface area (TPSA) is 44.5 Å². The lowest BCUT2D eigenvalue weighted by Gasteiger charge is -2.12. The molecule has 0 saturated carbocycles.